The zero-order valence-corrected chi connectivity index (χ0v) is 12.0. The van der Waals surface area contributed by atoms with Gasteiger partial charge in [0.25, 0.3) is 0 Å². The lowest BCUT2D eigenvalue weighted by atomic mass is 10.2. The summed E-state index contributed by atoms with van der Waals surface area (Å²) in [6, 6.07) is 10.1. The van der Waals surface area contributed by atoms with Crippen molar-refractivity contribution in [1.29, 1.82) is 0 Å². The summed E-state index contributed by atoms with van der Waals surface area (Å²) in [5.41, 5.74) is 0.737. The van der Waals surface area contributed by atoms with Gasteiger partial charge in [-0.2, -0.15) is 0 Å². The molecule has 1 amide bonds. The maximum absolute atomic E-state index is 13.4. The molecule has 0 unspecified atom stereocenters. The normalized spacial score (nSPS) is 10.7. The summed E-state index contributed by atoms with van der Waals surface area (Å²) >= 11 is 0. The summed E-state index contributed by atoms with van der Waals surface area (Å²) in [5, 5.41) is 2.35. The highest BCUT2D eigenvalue weighted by atomic mass is 19.1. The van der Waals surface area contributed by atoms with Gasteiger partial charge in [-0.1, -0.05) is 12.1 Å². The van der Waals surface area contributed by atoms with E-state index in [0.29, 0.717) is 12.7 Å². The molecule has 0 aliphatic carbocycles. The minimum absolute atomic E-state index is 0.0669. The van der Waals surface area contributed by atoms with E-state index in [0.717, 1.165) is 17.4 Å². The number of amides is 1. The van der Waals surface area contributed by atoms with Crippen LogP contribution in [0.2, 0.25) is 0 Å². The number of anilines is 1. The zero-order valence-electron chi connectivity index (χ0n) is 12.0. The van der Waals surface area contributed by atoms with E-state index >= 15 is 0 Å². The van der Waals surface area contributed by atoms with Crippen molar-refractivity contribution in [1.82, 2.24) is 0 Å². The van der Waals surface area contributed by atoms with Crippen LogP contribution in [0.5, 0.6) is 5.75 Å². The molecule has 0 radical (unpaired) electrons. The molecule has 114 valence electrons. The van der Waals surface area contributed by atoms with Crippen LogP contribution < -0.4 is 10.1 Å². The Morgan fingerprint density at radius 3 is 2.55 bits per heavy atom. The number of carbonyl (C=O) groups excluding carboxylic acids is 1. The van der Waals surface area contributed by atoms with E-state index in [1.165, 1.54) is 12.1 Å². The summed E-state index contributed by atoms with van der Waals surface area (Å²) < 4.78 is 31.5. The monoisotopic (exact) mass is 303 g/mol. The Morgan fingerprint density at radius 2 is 1.91 bits per heavy atom. The molecule has 0 aliphatic rings. The SMILES string of the molecule is CCOc1ccc(C=CC(=O)Nc2ccc(F)cc2F)cc1. The maximum Gasteiger partial charge on any atom is 0.248 e. The van der Waals surface area contributed by atoms with Gasteiger partial charge in [0.2, 0.25) is 5.91 Å². The topological polar surface area (TPSA) is 38.3 Å². The molecule has 0 saturated heterocycles. The standard InChI is InChI=1S/C17H15F2NO2/c1-2-22-14-7-3-12(4-8-14)5-10-17(21)20-16-9-6-13(18)11-15(16)19/h3-11H,2H2,1H3,(H,20,21). The fourth-order valence-electron chi connectivity index (χ4n) is 1.78. The third-order valence-corrected chi connectivity index (χ3v) is 2.81. The van der Waals surface area contributed by atoms with Gasteiger partial charge >= 0.3 is 0 Å². The predicted octanol–water partition coefficient (Wildman–Crippen LogP) is 4.02. The number of halogens is 2. The van der Waals surface area contributed by atoms with Crippen LogP contribution in [0.25, 0.3) is 6.08 Å². The van der Waals surface area contributed by atoms with Crippen LogP contribution in [0, 0.1) is 11.6 Å². The van der Waals surface area contributed by atoms with E-state index in [9.17, 15) is 13.6 Å². The lowest BCUT2D eigenvalue weighted by Crippen LogP contribution is -2.09. The van der Waals surface area contributed by atoms with Crippen molar-refractivity contribution < 1.29 is 18.3 Å². The average Bonchev–Trinajstić information content (AvgIpc) is 2.50. The fraction of sp³-hybridized carbons (Fsp3) is 0.118. The lowest BCUT2D eigenvalue weighted by molar-refractivity contribution is -0.111. The van der Waals surface area contributed by atoms with Gasteiger partial charge in [-0.15, -0.1) is 0 Å². The summed E-state index contributed by atoms with van der Waals surface area (Å²) in [4.78, 5) is 11.7. The van der Waals surface area contributed by atoms with Crippen LogP contribution in [-0.4, -0.2) is 12.5 Å². The van der Waals surface area contributed by atoms with E-state index in [1.54, 1.807) is 30.3 Å². The number of hydrogen-bond donors (Lipinski definition) is 1. The minimum Gasteiger partial charge on any atom is -0.494 e. The number of ether oxygens (including phenoxy) is 1. The maximum atomic E-state index is 13.4. The third-order valence-electron chi connectivity index (χ3n) is 2.81. The first-order valence-corrected chi connectivity index (χ1v) is 6.75. The van der Waals surface area contributed by atoms with Crippen LogP contribution in [0.1, 0.15) is 12.5 Å². The first kappa shape index (κ1) is 15.7. The van der Waals surface area contributed by atoms with Gasteiger partial charge in [0.15, 0.2) is 0 Å². The second-order valence-electron chi connectivity index (χ2n) is 4.45. The fourth-order valence-corrected chi connectivity index (χ4v) is 1.78. The van der Waals surface area contributed by atoms with Crippen LogP contribution in [0.3, 0.4) is 0 Å². The minimum atomic E-state index is -0.817. The van der Waals surface area contributed by atoms with Crippen LogP contribution in [0.15, 0.2) is 48.5 Å². The number of benzene rings is 2. The molecule has 0 heterocycles. The van der Waals surface area contributed by atoms with Gasteiger partial charge in [0.05, 0.1) is 12.3 Å². The third kappa shape index (κ3) is 4.41. The Balaban J connectivity index is 1.98. The Hall–Kier alpha value is -2.69. The molecular weight excluding hydrogens is 288 g/mol. The number of nitrogens with one attached hydrogen (secondary N) is 1. The van der Waals surface area contributed by atoms with Crippen LogP contribution in [-0.2, 0) is 4.79 Å². The van der Waals surface area contributed by atoms with Gasteiger partial charge in [-0.3, -0.25) is 4.79 Å². The number of hydrogen-bond acceptors (Lipinski definition) is 2. The van der Waals surface area contributed by atoms with Crippen molar-refractivity contribution in [3.8, 4) is 5.75 Å². The average molecular weight is 303 g/mol. The molecule has 3 nitrogen and oxygen atoms in total. The van der Waals surface area contributed by atoms with E-state index < -0.39 is 17.5 Å². The number of rotatable bonds is 5. The van der Waals surface area contributed by atoms with Gasteiger partial charge in [-0.05, 0) is 42.8 Å². The molecule has 0 fully saturated rings. The molecule has 22 heavy (non-hydrogen) atoms. The molecule has 0 aromatic heterocycles. The summed E-state index contributed by atoms with van der Waals surface area (Å²) in [6.07, 6.45) is 2.87. The van der Waals surface area contributed by atoms with E-state index in [4.69, 9.17) is 4.74 Å². The van der Waals surface area contributed by atoms with E-state index in [1.807, 2.05) is 6.92 Å². The van der Waals surface area contributed by atoms with E-state index in [2.05, 4.69) is 5.32 Å². The van der Waals surface area contributed by atoms with E-state index in [-0.39, 0.29) is 5.69 Å². The van der Waals surface area contributed by atoms with Gasteiger partial charge in [0.1, 0.15) is 17.4 Å². The van der Waals surface area contributed by atoms with Crippen molar-refractivity contribution >= 4 is 17.7 Å². The summed E-state index contributed by atoms with van der Waals surface area (Å²) in [5.74, 6) is -1.26. The molecule has 0 bridgehead atoms. The smallest absolute Gasteiger partial charge is 0.248 e. The number of carbonyl (C=O) groups is 1. The molecule has 0 atom stereocenters. The Morgan fingerprint density at radius 1 is 1.18 bits per heavy atom. The molecule has 0 aliphatic heterocycles. The molecule has 2 aromatic rings. The zero-order chi connectivity index (χ0) is 15.9. The lowest BCUT2D eigenvalue weighted by Gasteiger charge is -2.04. The molecule has 5 heteroatoms. The predicted molar refractivity (Wildman–Crippen MR) is 81.6 cm³/mol. The highest BCUT2D eigenvalue weighted by molar-refractivity contribution is 6.01. The van der Waals surface area contributed by atoms with Gasteiger partial charge < -0.3 is 10.1 Å². The van der Waals surface area contributed by atoms with Crippen molar-refractivity contribution in [2.45, 2.75) is 6.92 Å². The molecular formula is C17H15F2NO2. The van der Waals surface area contributed by atoms with Crippen molar-refractivity contribution in [3.63, 3.8) is 0 Å². The first-order valence-electron chi connectivity index (χ1n) is 6.75. The Kier molecular flexibility index (Phi) is 5.25. The van der Waals surface area contributed by atoms with Crippen LogP contribution >= 0.6 is 0 Å². The first-order chi connectivity index (χ1) is 10.6. The Labute approximate surface area is 127 Å². The molecule has 2 aromatic carbocycles. The van der Waals surface area contributed by atoms with Gasteiger partial charge in [0, 0.05) is 12.1 Å². The Bertz CT molecular complexity index is 682. The summed E-state index contributed by atoms with van der Waals surface area (Å²) in [7, 11) is 0. The second-order valence-corrected chi connectivity index (χ2v) is 4.45. The second kappa shape index (κ2) is 7.36. The van der Waals surface area contributed by atoms with Crippen molar-refractivity contribution in [2.75, 3.05) is 11.9 Å². The molecule has 0 saturated carbocycles. The molecule has 2 rings (SSSR count). The largest absolute Gasteiger partial charge is 0.494 e. The highest BCUT2D eigenvalue weighted by Crippen LogP contribution is 2.16. The van der Waals surface area contributed by atoms with Gasteiger partial charge in [-0.25, -0.2) is 8.78 Å². The molecule has 1 N–H and O–H groups in total. The molecule has 0 spiro atoms. The van der Waals surface area contributed by atoms with Crippen molar-refractivity contribution in [2.24, 2.45) is 0 Å². The van der Waals surface area contributed by atoms with Crippen LogP contribution in [0.4, 0.5) is 14.5 Å². The van der Waals surface area contributed by atoms with Crippen molar-refractivity contribution in [3.05, 3.63) is 65.7 Å². The summed E-state index contributed by atoms with van der Waals surface area (Å²) in [6.45, 7) is 2.48. The highest BCUT2D eigenvalue weighted by Gasteiger charge is 2.05. The quantitative estimate of drug-likeness (QED) is 0.847.